The molecular weight excluding hydrogens is 391 g/mol. The van der Waals surface area contributed by atoms with E-state index < -0.39 is 0 Å². The van der Waals surface area contributed by atoms with Crippen LogP contribution in [0.3, 0.4) is 0 Å². The lowest BCUT2D eigenvalue weighted by atomic mass is 10.1. The maximum Gasteiger partial charge on any atom is 0.238 e. The van der Waals surface area contributed by atoms with Crippen LogP contribution in [0.15, 0.2) is 30.3 Å². The van der Waals surface area contributed by atoms with Gasteiger partial charge < -0.3 is 19.5 Å². The van der Waals surface area contributed by atoms with Gasteiger partial charge in [0.25, 0.3) is 0 Å². The number of hydrogen-bond acceptors (Lipinski definition) is 5. The first-order valence-electron chi connectivity index (χ1n) is 8.11. The number of carbonyl (C=O) groups is 1. The van der Waals surface area contributed by atoms with Gasteiger partial charge in [-0.2, -0.15) is 0 Å². The van der Waals surface area contributed by atoms with Gasteiger partial charge in [0.15, 0.2) is 11.5 Å². The Hall–Kier alpha value is -2.15. The number of rotatable bonds is 8. The third-order valence-electron chi connectivity index (χ3n) is 3.87. The van der Waals surface area contributed by atoms with Crippen molar-refractivity contribution in [1.29, 1.82) is 0 Å². The highest BCUT2D eigenvalue weighted by Gasteiger charge is 2.18. The van der Waals surface area contributed by atoms with Gasteiger partial charge in [0, 0.05) is 12.1 Å². The minimum absolute atomic E-state index is 0.153. The second-order valence-electron chi connectivity index (χ2n) is 5.82. The number of likely N-dealkylation sites (N-methyl/N-ethyl adjacent to an activating group) is 1. The van der Waals surface area contributed by atoms with Crippen LogP contribution in [0.25, 0.3) is 0 Å². The molecule has 146 valence electrons. The van der Waals surface area contributed by atoms with Crippen molar-refractivity contribution >= 4 is 34.8 Å². The largest absolute Gasteiger partial charge is 0.493 e. The van der Waals surface area contributed by atoms with Gasteiger partial charge in [-0.25, -0.2) is 0 Å². The molecule has 0 fully saturated rings. The number of carbonyl (C=O) groups excluding carboxylic acids is 1. The Bertz CT molecular complexity index is 815. The molecule has 0 heterocycles. The summed E-state index contributed by atoms with van der Waals surface area (Å²) in [6.45, 7) is 0.626. The van der Waals surface area contributed by atoms with Gasteiger partial charge >= 0.3 is 0 Å². The van der Waals surface area contributed by atoms with Crippen LogP contribution in [0.1, 0.15) is 5.56 Å². The number of halogens is 2. The van der Waals surface area contributed by atoms with Gasteiger partial charge in [0.2, 0.25) is 11.7 Å². The Balaban J connectivity index is 2.08. The van der Waals surface area contributed by atoms with Gasteiger partial charge in [0.1, 0.15) is 0 Å². The molecule has 0 aliphatic rings. The average molecular weight is 413 g/mol. The van der Waals surface area contributed by atoms with Crippen LogP contribution >= 0.6 is 23.2 Å². The normalized spacial score (nSPS) is 10.6. The topological polar surface area (TPSA) is 60.0 Å². The van der Waals surface area contributed by atoms with Crippen LogP contribution in [0.2, 0.25) is 10.0 Å². The van der Waals surface area contributed by atoms with Crippen molar-refractivity contribution in [2.75, 3.05) is 40.2 Å². The Kier molecular flexibility index (Phi) is 7.59. The molecule has 0 aromatic heterocycles. The number of nitrogens with one attached hydrogen (secondary N) is 1. The second-order valence-corrected chi connectivity index (χ2v) is 6.60. The summed E-state index contributed by atoms with van der Waals surface area (Å²) in [6.07, 6.45) is 0. The summed E-state index contributed by atoms with van der Waals surface area (Å²) < 4.78 is 16.2. The van der Waals surface area contributed by atoms with Crippen LogP contribution in [-0.2, 0) is 11.3 Å². The SMILES string of the molecule is COc1ccc(CN(C)CC(=O)Nc2cccc(Cl)c2Cl)c(OC)c1OC. The monoisotopic (exact) mass is 412 g/mol. The van der Waals surface area contributed by atoms with E-state index >= 15 is 0 Å². The summed E-state index contributed by atoms with van der Waals surface area (Å²) in [4.78, 5) is 14.2. The molecule has 2 rings (SSSR count). The predicted molar refractivity (Wildman–Crippen MR) is 108 cm³/mol. The molecule has 0 atom stereocenters. The van der Waals surface area contributed by atoms with Crippen molar-refractivity contribution in [2.24, 2.45) is 0 Å². The number of benzene rings is 2. The minimum Gasteiger partial charge on any atom is -0.493 e. The predicted octanol–water partition coefficient (Wildman–Crippen LogP) is 4.09. The van der Waals surface area contributed by atoms with Crippen LogP contribution in [0, 0.1) is 0 Å². The standard InChI is InChI=1S/C19H22Cl2N2O4/c1-23(11-16(24)22-14-7-5-6-13(20)17(14)21)10-12-8-9-15(25-2)19(27-4)18(12)26-3/h5-9H,10-11H2,1-4H3,(H,22,24). The Morgan fingerprint density at radius 2 is 1.74 bits per heavy atom. The molecule has 2 aromatic carbocycles. The Labute approximate surface area is 168 Å². The number of nitrogens with zero attached hydrogens (tertiary/aromatic N) is 1. The highest BCUT2D eigenvalue weighted by molar-refractivity contribution is 6.44. The molecule has 27 heavy (non-hydrogen) atoms. The molecular formula is C19H22Cl2N2O4. The van der Waals surface area contributed by atoms with E-state index in [-0.39, 0.29) is 12.5 Å². The summed E-state index contributed by atoms with van der Waals surface area (Å²) in [7, 11) is 6.51. The van der Waals surface area contributed by atoms with E-state index in [1.807, 2.05) is 18.0 Å². The summed E-state index contributed by atoms with van der Waals surface area (Å²) in [5.41, 5.74) is 1.34. The summed E-state index contributed by atoms with van der Waals surface area (Å²) in [5, 5.41) is 3.47. The summed E-state index contributed by atoms with van der Waals surface area (Å²) >= 11 is 12.1. The van der Waals surface area contributed by atoms with Gasteiger partial charge in [0.05, 0.1) is 43.6 Å². The molecule has 0 saturated heterocycles. The molecule has 1 N–H and O–H groups in total. The van der Waals surface area contributed by atoms with Crippen molar-refractivity contribution in [2.45, 2.75) is 6.54 Å². The first-order valence-corrected chi connectivity index (χ1v) is 8.87. The third kappa shape index (κ3) is 5.19. The number of anilines is 1. The highest BCUT2D eigenvalue weighted by Crippen LogP contribution is 2.40. The fourth-order valence-corrected chi connectivity index (χ4v) is 3.02. The molecule has 8 heteroatoms. The lowest BCUT2D eigenvalue weighted by Gasteiger charge is -2.20. The molecule has 1 amide bonds. The van der Waals surface area contributed by atoms with Crippen LogP contribution < -0.4 is 19.5 Å². The third-order valence-corrected chi connectivity index (χ3v) is 4.68. The van der Waals surface area contributed by atoms with Gasteiger partial charge in [-0.05, 0) is 25.2 Å². The van der Waals surface area contributed by atoms with E-state index in [1.54, 1.807) is 45.6 Å². The van der Waals surface area contributed by atoms with Crippen molar-refractivity contribution in [1.82, 2.24) is 4.90 Å². The van der Waals surface area contributed by atoms with E-state index in [0.29, 0.717) is 39.5 Å². The van der Waals surface area contributed by atoms with Gasteiger partial charge in [-0.1, -0.05) is 35.3 Å². The molecule has 0 aliphatic heterocycles. The number of ether oxygens (including phenoxy) is 3. The zero-order chi connectivity index (χ0) is 20.0. The lowest BCUT2D eigenvalue weighted by Crippen LogP contribution is -2.30. The molecule has 0 unspecified atom stereocenters. The summed E-state index contributed by atoms with van der Waals surface area (Å²) in [6, 6.07) is 8.76. The van der Waals surface area contributed by atoms with Gasteiger partial charge in [-0.3, -0.25) is 9.69 Å². The fourth-order valence-electron chi connectivity index (χ4n) is 2.67. The van der Waals surface area contributed by atoms with Crippen LogP contribution in [0.5, 0.6) is 17.2 Å². The first-order chi connectivity index (χ1) is 12.9. The summed E-state index contributed by atoms with van der Waals surface area (Å²) in [5.74, 6) is 1.46. The number of hydrogen-bond donors (Lipinski definition) is 1. The fraction of sp³-hybridized carbons (Fsp3) is 0.316. The quantitative estimate of drug-likeness (QED) is 0.707. The maximum absolute atomic E-state index is 12.3. The average Bonchev–Trinajstić information content (AvgIpc) is 2.64. The van der Waals surface area contributed by atoms with Crippen molar-refractivity contribution < 1.29 is 19.0 Å². The molecule has 0 radical (unpaired) electrons. The molecule has 2 aromatic rings. The van der Waals surface area contributed by atoms with Crippen molar-refractivity contribution in [3.8, 4) is 17.2 Å². The number of amides is 1. The minimum atomic E-state index is -0.207. The molecule has 0 saturated carbocycles. The zero-order valence-corrected chi connectivity index (χ0v) is 17.1. The maximum atomic E-state index is 12.3. The first kappa shape index (κ1) is 21.2. The van der Waals surface area contributed by atoms with E-state index in [0.717, 1.165) is 5.56 Å². The number of methoxy groups -OCH3 is 3. The van der Waals surface area contributed by atoms with Crippen LogP contribution in [-0.4, -0.2) is 45.7 Å². The van der Waals surface area contributed by atoms with Crippen molar-refractivity contribution in [3.63, 3.8) is 0 Å². The smallest absolute Gasteiger partial charge is 0.238 e. The van der Waals surface area contributed by atoms with E-state index in [4.69, 9.17) is 37.4 Å². The van der Waals surface area contributed by atoms with E-state index in [1.165, 1.54) is 0 Å². The van der Waals surface area contributed by atoms with Crippen LogP contribution in [0.4, 0.5) is 5.69 Å². The molecule has 0 spiro atoms. The van der Waals surface area contributed by atoms with E-state index in [9.17, 15) is 4.79 Å². The molecule has 6 nitrogen and oxygen atoms in total. The Morgan fingerprint density at radius 1 is 1.04 bits per heavy atom. The molecule has 0 bridgehead atoms. The zero-order valence-electron chi connectivity index (χ0n) is 15.6. The highest BCUT2D eigenvalue weighted by atomic mass is 35.5. The Morgan fingerprint density at radius 3 is 2.37 bits per heavy atom. The van der Waals surface area contributed by atoms with Gasteiger partial charge in [-0.15, -0.1) is 0 Å². The van der Waals surface area contributed by atoms with E-state index in [2.05, 4.69) is 5.32 Å². The lowest BCUT2D eigenvalue weighted by molar-refractivity contribution is -0.117. The molecule has 0 aliphatic carbocycles. The second kappa shape index (κ2) is 9.69. The van der Waals surface area contributed by atoms with Crippen molar-refractivity contribution in [3.05, 3.63) is 45.9 Å².